The van der Waals surface area contributed by atoms with Gasteiger partial charge in [0.1, 0.15) is 5.82 Å². The molecule has 1 aromatic carbocycles. The second-order valence-electron chi connectivity index (χ2n) is 8.08. The van der Waals surface area contributed by atoms with Gasteiger partial charge in [-0.05, 0) is 55.7 Å². The molecule has 1 atom stereocenters. The van der Waals surface area contributed by atoms with Gasteiger partial charge < -0.3 is 4.90 Å². The van der Waals surface area contributed by atoms with Crippen LogP contribution in [0.15, 0.2) is 12.1 Å². The quantitative estimate of drug-likeness (QED) is 0.627. The van der Waals surface area contributed by atoms with E-state index in [0.717, 1.165) is 31.5 Å². The number of carbonyl (C=O) groups excluding carboxylic acids is 2. The Morgan fingerprint density at radius 1 is 1.26 bits per heavy atom. The number of amides is 2. The van der Waals surface area contributed by atoms with Crippen molar-refractivity contribution in [3.8, 4) is 0 Å². The third-order valence-electron chi connectivity index (χ3n) is 6.58. The summed E-state index contributed by atoms with van der Waals surface area (Å²) in [6, 6.07) is 3.43. The number of nitrogens with one attached hydrogen (secondary N) is 1. The molecule has 2 amide bonds. The van der Waals surface area contributed by atoms with E-state index in [1.807, 2.05) is 0 Å². The van der Waals surface area contributed by atoms with Gasteiger partial charge in [0.2, 0.25) is 5.91 Å². The van der Waals surface area contributed by atoms with Gasteiger partial charge >= 0.3 is 0 Å². The molecule has 0 aromatic heterocycles. The van der Waals surface area contributed by atoms with Crippen LogP contribution in [0.1, 0.15) is 54.1 Å². The summed E-state index contributed by atoms with van der Waals surface area (Å²) in [5, 5.41) is 8.77. The average Bonchev–Trinajstić information content (AvgIpc) is 2.68. The number of piperidine rings is 2. The summed E-state index contributed by atoms with van der Waals surface area (Å²) in [7, 11) is 0. The maximum absolute atomic E-state index is 14.6. The van der Waals surface area contributed by atoms with Crippen molar-refractivity contribution in [2.24, 2.45) is 5.92 Å². The number of rotatable bonds is 3. The molecule has 5 rings (SSSR count). The van der Waals surface area contributed by atoms with Gasteiger partial charge in [-0.15, -0.1) is 0 Å². The third-order valence-corrected chi connectivity index (χ3v) is 6.58. The molecule has 3 aliphatic heterocycles. The second-order valence-corrected chi connectivity index (χ2v) is 8.08. The largest absolute Gasteiger partial charge is 0.335 e. The van der Waals surface area contributed by atoms with Crippen LogP contribution in [-0.2, 0) is 17.8 Å². The first-order valence-electron chi connectivity index (χ1n) is 9.75. The minimum Gasteiger partial charge on any atom is -0.335 e. The highest BCUT2D eigenvalue weighted by Crippen LogP contribution is 2.40. The number of halogens is 1. The van der Waals surface area contributed by atoms with E-state index in [0.29, 0.717) is 30.5 Å². The maximum atomic E-state index is 14.6. The summed E-state index contributed by atoms with van der Waals surface area (Å²) in [6.45, 7) is 3.70. The third kappa shape index (κ3) is 3.34. The van der Waals surface area contributed by atoms with Crippen LogP contribution >= 0.6 is 0 Å². The van der Waals surface area contributed by atoms with Crippen LogP contribution in [0.2, 0.25) is 0 Å². The Balaban J connectivity index is 1.51. The predicted octanol–water partition coefficient (Wildman–Crippen LogP) is 2.09. The molecule has 1 saturated carbocycles. The zero-order valence-electron chi connectivity index (χ0n) is 15.6. The average molecular weight is 375 g/mol. The van der Waals surface area contributed by atoms with E-state index in [9.17, 15) is 14.0 Å². The highest BCUT2D eigenvalue weighted by atomic mass is 19.1. The van der Waals surface area contributed by atoms with E-state index in [1.165, 1.54) is 18.9 Å². The lowest BCUT2D eigenvalue weighted by Crippen LogP contribution is -2.60. The lowest BCUT2D eigenvalue weighted by molar-refractivity contribution is -0.143. The molecule has 146 valence electrons. The van der Waals surface area contributed by atoms with E-state index >= 15 is 0 Å². The van der Waals surface area contributed by atoms with Crippen LogP contribution in [0, 0.1) is 11.7 Å². The molecule has 27 heavy (non-hydrogen) atoms. The van der Waals surface area contributed by atoms with Gasteiger partial charge in [-0.3, -0.25) is 19.7 Å². The Hall–Kier alpha value is -1.99. The lowest BCUT2D eigenvalue weighted by Gasteiger charge is -2.52. The molecule has 7 heteroatoms. The minimum atomic E-state index is -0.700. The van der Waals surface area contributed by atoms with Crippen molar-refractivity contribution in [2.75, 3.05) is 13.1 Å². The number of fused-ring (bicyclic) bond motifs is 4. The molecule has 2 N–H and O–H groups in total. The van der Waals surface area contributed by atoms with Crippen molar-refractivity contribution >= 4 is 11.8 Å². The Bertz CT molecular complexity index is 761. The number of nitrogens with zero attached hydrogens (tertiary/aromatic N) is 2. The zero-order valence-corrected chi connectivity index (χ0v) is 15.6. The Morgan fingerprint density at radius 3 is 2.67 bits per heavy atom. The van der Waals surface area contributed by atoms with Crippen LogP contribution in [-0.4, -0.2) is 52.0 Å². The SMILES string of the molecule is CC(=O)N1C2CCC(CC2)C1CN1CCc2cc(C(=O)NO)cc(F)c2C1. The van der Waals surface area contributed by atoms with Crippen molar-refractivity contribution in [3.05, 3.63) is 34.6 Å². The van der Waals surface area contributed by atoms with Crippen LogP contribution in [0.3, 0.4) is 0 Å². The van der Waals surface area contributed by atoms with Gasteiger partial charge in [-0.2, -0.15) is 0 Å². The lowest BCUT2D eigenvalue weighted by atomic mass is 9.74. The van der Waals surface area contributed by atoms with Crippen LogP contribution < -0.4 is 5.48 Å². The molecule has 2 saturated heterocycles. The Labute approximate surface area is 158 Å². The molecule has 0 spiro atoms. The topological polar surface area (TPSA) is 72.9 Å². The first kappa shape index (κ1) is 18.4. The van der Waals surface area contributed by atoms with Crippen molar-refractivity contribution in [3.63, 3.8) is 0 Å². The summed E-state index contributed by atoms with van der Waals surface area (Å²) in [4.78, 5) is 28.1. The van der Waals surface area contributed by atoms with Crippen LogP contribution in [0.4, 0.5) is 4.39 Å². The maximum Gasteiger partial charge on any atom is 0.274 e. The molecule has 0 radical (unpaired) electrons. The monoisotopic (exact) mass is 375 g/mol. The van der Waals surface area contributed by atoms with Gasteiger partial charge in [-0.1, -0.05) is 0 Å². The summed E-state index contributed by atoms with van der Waals surface area (Å²) in [5.74, 6) is -0.419. The predicted molar refractivity (Wildman–Crippen MR) is 96.7 cm³/mol. The fourth-order valence-electron chi connectivity index (χ4n) is 5.28. The zero-order chi connectivity index (χ0) is 19.1. The number of carbonyl (C=O) groups is 2. The van der Waals surface area contributed by atoms with Crippen LogP contribution in [0.5, 0.6) is 0 Å². The summed E-state index contributed by atoms with van der Waals surface area (Å²) < 4.78 is 14.6. The standard InChI is InChI=1S/C20H26FN3O3/c1-12(25)24-16-4-2-13(3-5-16)19(24)11-23-7-6-14-8-15(20(26)22-27)9-18(21)17(14)10-23/h8-9,13,16,19,27H,2-7,10-11H2,1H3,(H,22,26). The van der Waals surface area contributed by atoms with Gasteiger partial charge in [-0.25, -0.2) is 9.87 Å². The second kappa shape index (κ2) is 7.20. The molecule has 3 heterocycles. The molecule has 3 fully saturated rings. The Kier molecular flexibility index (Phi) is 4.90. The number of hydrogen-bond donors (Lipinski definition) is 2. The van der Waals surface area contributed by atoms with Gasteiger partial charge in [0.25, 0.3) is 5.91 Å². The smallest absolute Gasteiger partial charge is 0.274 e. The van der Waals surface area contributed by atoms with Crippen molar-refractivity contribution < 1.29 is 19.2 Å². The molecular weight excluding hydrogens is 349 g/mol. The van der Waals surface area contributed by atoms with Gasteiger partial charge in [0, 0.05) is 49.8 Å². The van der Waals surface area contributed by atoms with Crippen molar-refractivity contribution in [1.29, 1.82) is 0 Å². The normalized spacial score (nSPS) is 27.4. The molecule has 2 bridgehead atoms. The van der Waals surface area contributed by atoms with E-state index in [2.05, 4.69) is 9.80 Å². The van der Waals surface area contributed by atoms with E-state index < -0.39 is 11.7 Å². The summed E-state index contributed by atoms with van der Waals surface area (Å²) >= 11 is 0. The molecular formula is C20H26FN3O3. The highest BCUT2D eigenvalue weighted by Gasteiger charge is 2.43. The molecule has 1 unspecified atom stereocenters. The molecule has 4 aliphatic rings. The number of benzene rings is 1. The molecule has 1 aliphatic carbocycles. The number of hydrogen-bond acceptors (Lipinski definition) is 4. The first-order valence-corrected chi connectivity index (χ1v) is 9.75. The summed E-state index contributed by atoms with van der Waals surface area (Å²) in [5.41, 5.74) is 3.12. The molecule has 6 nitrogen and oxygen atoms in total. The van der Waals surface area contributed by atoms with E-state index in [1.54, 1.807) is 18.5 Å². The summed E-state index contributed by atoms with van der Waals surface area (Å²) in [6.07, 6.45) is 5.22. The van der Waals surface area contributed by atoms with E-state index in [4.69, 9.17) is 5.21 Å². The van der Waals surface area contributed by atoms with Gasteiger partial charge in [0.15, 0.2) is 0 Å². The van der Waals surface area contributed by atoms with Crippen LogP contribution in [0.25, 0.3) is 0 Å². The minimum absolute atomic E-state index is 0.134. The first-order chi connectivity index (χ1) is 13.0. The fourth-order valence-corrected chi connectivity index (χ4v) is 5.28. The van der Waals surface area contributed by atoms with Crippen molar-refractivity contribution in [2.45, 2.75) is 57.7 Å². The highest BCUT2D eigenvalue weighted by molar-refractivity contribution is 5.93. The fraction of sp³-hybridized carbons (Fsp3) is 0.600. The van der Waals surface area contributed by atoms with E-state index in [-0.39, 0.29) is 17.5 Å². The molecule has 1 aromatic rings. The number of hydroxylamine groups is 1. The van der Waals surface area contributed by atoms with Gasteiger partial charge in [0.05, 0.1) is 0 Å². The Morgan fingerprint density at radius 2 is 2.00 bits per heavy atom. The van der Waals surface area contributed by atoms with Crippen molar-refractivity contribution in [1.82, 2.24) is 15.3 Å².